The molecule has 5 heteroatoms. The summed E-state index contributed by atoms with van der Waals surface area (Å²) in [6.45, 7) is 0.668. The number of fused-ring (bicyclic) bond motifs is 1. The van der Waals surface area contributed by atoms with Gasteiger partial charge in [-0.2, -0.15) is 4.31 Å². The van der Waals surface area contributed by atoms with Crippen LogP contribution in [0.1, 0.15) is 38.5 Å². The van der Waals surface area contributed by atoms with Crippen molar-refractivity contribution >= 4 is 15.7 Å². The van der Waals surface area contributed by atoms with Gasteiger partial charge in [-0.3, -0.25) is 0 Å². The lowest BCUT2D eigenvalue weighted by atomic mass is 9.79. The van der Waals surface area contributed by atoms with Crippen molar-refractivity contribution in [2.24, 2.45) is 5.92 Å². The molecule has 2 atom stereocenters. The number of para-hydroxylation sites is 1. The van der Waals surface area contributed by atoms with Crippen molar-refractivity contribution in [2.45, 2.75) is 49.5 Å². The summed E-state index contributed by atoms with van der Waals surface area (Å²) in [5.41, 5.74) is 0.690. The van der Waals surface area contributed by atoms with Crippen molar-refractivity contribution < 1.29 is 8.42 Å². The third-order valence-corrected chi connectivity index (χ3v) is 6.92. The number of piperidine rings is 1. The summed E-state index contributed by atoms with van der Waals surface area (Å²) in [7, 11) is -1.63. The van der Waals surface area contributed by atoms with E-state index in [2.05, 4.69) is 5.32 Å². The number of nitrogens with one attached hydrogen (secondary N) is 1. The highest BCUT2D eigenvalue weighted by Crippen LogP contribution is 2.38. The number of hydrogen-bond donors (Lipinski definition) is 1. The zero-order chi connectivity index (χ0) is 14.9. The van der Waals surface area contributed by atoms with Gasteiger partial charge in [-0.15, -0.1) is 0 Å². The molecule has 1 aliphatic heterocycles. The van der Waals surface area contributed by atoms with Crippen LogP contribution in [0.2, 0.25) is 0 Å². The third-order valence-electron chi connectivity index (χ3n) is 4.94. The minimum absolute atomic E-state index is 0.211. The molecule has 0 amide bonds. The quantitative estimate of drug-likeness (QED) is 0.933. The maximum atomic E-state index is 13.1. The molecule has 2 aliphatic rings. The van der Waals surface area contributed by atoms with E-state index in [1.54, 1.807) is 23.5 Å². The third kappa shape index (κ3) is 2.69. The van der Waals surface area contributed by atoms with Crippen molar-refractivity contribution in [2.75, 3.05) is 18.9 Å². The Morgan fingerprint density at radius 3 is 2.62 bits per heavy atom. The van der Waals surface area contributed by atoms with Gasteiger partial charge >= 0.3 is 0 Å². The normalized spacial score (nSPS) is 27.1. The molecule has 1 N–H and O–H groups in total. The smallest absolute Gasteiger partial charge is 0.245 e. The molecule has 1 aliphatic carbocycles. The number of nitrogens with zero attached hydrogens (tertiary/aromatic N) is 1. The molecule has 3 rings (SSSR count). The average Bonchev–Trinajstić information content (AvgIpc) is 2.54. The summed E-state index contributed by atoms with van der Waals surface area (Å²) in [5, 5.41) is 3.01. The predicted octanol–water partition coefficient (Wildman–Crippen LogP) is 3.07. The Morgan fingerprint density at radius 1 is 1.10 bits per heavy atom. The van der Waals surface area contributed by atoms with E-state index >= 15 is 0 Å². The fraction of sp³-hybridized carbons (Fsp3) is 0.625. The standard InChI is InChI=1S/C16H24N2O2S/c1-17-14-9-3-5-11-16(14)21(19,20)18-12-6-8-13-7-2-4-10-15(13)18/h3,5,9,11,13,15,17H,2,4,6-8,10,12H2,1H3/t13-,15-/m1/s1. The molecule has 21 heavy (non-hydrogen) atoms. The fourth-order valence-electron chi connectivity index (χ4n) is 3.90. The summed E-state index contributed by atoms with van der Waals surface area (Å²) in [6, 6.07) is 7.42. The topological polar surface area (TPSA) is 49.4 Å². The van der Waals surface area contributed by atoms with Crippen LogP contribution < -0.4 is 5.32 Å². The zero-order valence-electron chi connectivity index (χ0n) is 12.6. The summed E-state index contributed by atoms with van der Waals surface area (Å²) >= 11 is 0. The van der Waals surface area contributed by atoms with Crippen LogP contribution in [0.5, 0.6) is 0 Å². The second-order valence-electron chi connectivity index (χ2n) is 6.12. The van der Waals surface area contributed by atoms with E-state index in [-0.39, 0.29) is 6.04 Å². The molecule has 4 nitrogen and oxygen atoms in total. The van der Waals surface area contributed by atoms with Crippen LogP contribution >= 0.6 is 0 Å². The molecule has 1 saturated heterocycles. The number of sulfonamides is 1. The van der Waals surface area contributed by atoms with Crippen LogP contribution in [0.4, 0.5) is 5.69 Å². The highest BCUT2D eigenvalue weighted by atomic mass is 32.2. The lowest BCUT2D eigenvalue weighted by Gasteiger charge is -2.43. The zero-order valence-corrected chi connectivity index (χ0v) is 13.4. The van der Waals surface area contributed by atoms with Gasteiger partial charge in [-0.05, 0) is 43.7 Å². The van der Waals surface area contributed by atoms with Crippen LogP contribution in [0.3, 0.4) is 0 Å². The fourth-order valence-corrected chi connectivity index (χ4v) is 5.86. The van der Waals surface area contributed by atoms with Crippen molar-refractivity contribution in [3.8, 4) is 0 Å². The minimum atomic E-state index is -3.40. The Kier molecular flexibility index (Phi) is 4.22. The lowest BCUT2D eigenvalue weighted by Crippen LogP contribution is -2.49. The Balaban J connectivity index is 1.96. The maximum Gasteiger partial charge on any atom is 0.245 e. The van der Waals surface area contributed by atoms with Gasteiger partial charge in [0.15, 0.2) is 0 Å². The van der Waals surface area contributed by atoms with Crippen LogP contribution in [-0.4, -0.2) is 32.4 Å². The summed E-state index contributed by atoms with van der Waals surface area (Å²) in [4.78, 5) is 0.415. The summed E-state index contributed by atoms with van der Waals surface area (Å²) < 4.78 is 28.0. The lowest BCUT2D eigenvalue weighted by molar-refractivity contribution is 0.129. The van der Waals surface area contributed by atoms with Crippen LogP contribution in [0, 0.1) is 5.92 Å². The van der Waals surface area contributed by atoms with Crippen molar-refractivity contribution in [3.05, 3.63) is 24.3 Å². The molecule has 0 aromatic heterocycles. The first kappa shape index (κ1) is 14.9. The van der Waals surface area contributed by atoms with Gasteiger partial charge in [0, 0.05) is 19.6 Å². The van der Waals surface area contributed by atoms with Gasteiger partial charge in [0.1, 0.15) is 4.90 Å². The van der Waals surface area contributed by atoms with Crippen LogP contribution in [0.15, 0.2) is 29.2 Å². The van der Waals surface area contributed by atoms with Gasteiger partial charge in [0.2, 0.25) is 10.0 Å². The van der Waals surface area contributed by atoms with E-state index in [0.717, 1.165) is 19.3 Å². The Morgan fingerprint density at radius 2 is 1.81 bits per heavy atom. The largest absolute Gasteiger partial charge is 0.387 e. The maximum absolute atomic E-state index is 13.1. The van der Waals surface area contributed by atoms with E-state index < -0.39 is 10.0 Å². The molecule has 1 aromatic rings. The number of rotatable bonds is 3. The first-order valence-corrected chi connectivity index (χ1v) is 9.37. The number of anilines is 1. The molecular formula is C16H24N2O2S. The highest BCUT2D eigenvalue weighted by molar-refractivity contribution is 7.89. The van der Waals surface area contributed by atoms with Gasteiger partial charge in [-0.1, -0.05) is 25.0 Å². The molecule has 0 spiro atoms. The van der Waals surface area contributed by atoms with E-state index in [4.69, 9.17) is 0 Å². The second kappa shape index (κ2) is 5.97. The second-order valence-corrected chi connectivity index (χ2v) is 7.98. The number of hydrogen-bond acceptors (Lipinski definition) is 3. The monoisotopic (exact) mass is 308 g/mol. The van der Waals surface area contributed by atoms with Gasteiger partial charge in [0.05, 0.1) is 5.69 Å². The Hall–Kier alpha value is -1.07. The van der Waals surface area contributed by atoms with Crippen LogP contribution in [0.25, 0.3) is 0 Å². The summed E-state index contributed by atoms with van der Waals surface area (Å²) in [6.07, 6.45) is 6.78. The van der Waals surface area contributed by atoms with E-state index in [1.165, 1.54) is 19.3 Å². The minimum Gasteiger partial charge on any atom is -0.387 e. The Bertz CT molecular complexity index is 598. The number of benzene rings is 1. The average molecular weight is 308 g/mol. The SMILES string of the molecule is CNc1ccccc1S(=O)(=O)N1CCC[C@H]2CCCC[C@H]21. The van der Waals surface area contributed by atoms with Gasteiger partial charge < -0.3 is 5.32 Å². The van der Waals surface area contributed by atoms with E-state index in [9.17, 15) is 8.42 Å². The first-order chi connectivity index (χ1) is 10.1. The molecular weight excluding hydrogens is 284 g/mol. The molecule has 1 saturated carbocycles. The Labute approximate surface area is 127 Å². The van der Waals surface area contributed by atoms with E-state index in [0.29, 0.717) is 23.0 Å². The first-order valence-electron chi connectivity index (χ1n) is 7.93. The van der Waals surface area contributed by atoms with Gasteiger partial charge in [0.25, 0.3) is 0 Å². The van der Waals surface area contributed by atoms with Gasteiger partial charge in [-0.25, -0.2) is 8.42 Å². The van der Waals surface area contributed by atoms with Crippen LogP contribution in [-0.2, 0) is 10.0 Å². The predicted molar refractivity (Wildman–Crippen MR) is 84.9 cm³/mol. The highest BCUT2D eigenvalue weighted by Gasteiger charge is 2.40. The molecule has 1 heterocycles. The molecule has 1 aromatic carbocycles. The molecule has 116 valence electrons. The van der Waals surface area contributed by atoms with E-state index in [1.807, 2.05) is 12.1 Å². The van der Waals surface area contributed by atoms with Crippen molar-refractivity contribution in [3.63, 3.8) is 0 Å². The molecule has 0 bridgehead atoms. The molecule has 0 radical (unpaired) electrons. The molecule has 0 unspecified atom stereocenters. The van der Waals surface area contributed by atoms with Crippen molar-refractivity contribution in [1.82, 2.24) is 4.31 Å². The van der Waals surface area contributed by atoms with Crippen molar-refractivity contribution in [1.29, 1.82) is 0 Å². The molecule has 2 fully saturated rings. The summed E-state index contributed by atoms with van der Waals surface area (Å²) in [5.74, 6) is 0.559.